The molecule has 2 aromatic rings. The van der Waals surface area contributed by atoms with Crippen LogP contribution in [0, 0.1) is 19.8 Å². The van der Waals surface area contributed by atoms with Gasteiger partial charge >= 0.3 is 0 Å². The number of rotatable bonds is 7. The molecule has 1 fully saturated rings. The Morgan fingerprint density at radius 3 is 2.92 bits per heavy atom. The van der Waals surface area contributed by atoms with Gasteiger partial charge in [-0.25, -0.2) is 4.98 Å². The van der Waals surface area contributed by atoms with E-state index >= 15 is 0 Å². The van der Waals surface area contributed by atoms with E-state index in [2.05, 4.69) is 20.5 Å². The first kappa shape index (κ1) is 17.6. The number of carbonyl (C=O) groups excluding carboxylic acids is 1. The first-order valence-electron chi connectivity index (χ1n) is 8.84. The fourth-order valence-corrected chi connectivity index (χ4v) is 3.54. The molecule has 2 aromatic heterocycles. The quantitative estimate of drug-likeness (QED) is 0.774. The second kappa shape index (κ2) is 7.77. The maximum absolute atomic E-state index is 12.2. The zero-order valence-corrected chi connectivity index (χ0v) is 14.8. The van der Waals surface area contributed by atoms with Crippen molar-refractivity contribution in [2.45, 2.75) is 64.8 Å². The van der Waals surface area contributed by atoms with Crippen LogP contribution < -0.4 is 5.32 Å². The molecule has 3 rings (SSSR count). The zero-order chi connectivity index (χ0) is 17.8. The van der Waals surface area contributed by atoms with Gasteiger partial charge in [-0.05, 0) is 45.1 Å². The molecule has 1 aliphatic rings. The molecule has 136 valence electrons. The second-order valence-corrected chi connectivity index (χ2v) is 6.84. The van der Waals surface area contributed by atoms with Gasteiger partial charge in [0.15, 0.2) is 0 Å². The van der Waals surface area contributed by atoms with E-state index in [1.54, 1.807) is 6.20 Å². The fraction of sp³-hybridized carbons (Fsp3) is 0.647. The van der Waals surface area contributed by atoms with Gasteiger partial charge in [0.05, 0.1) is 12.1 Å². The smallest absolute Gasteiger partial charge is 0.220 e. The number of aliphatic hydroxyl groups is 1. The van der Waals surface area contributed by atoms with Gasteiger partial charge in [-0.1, -0.05) is 0 Å². The van der Waals surface area contributed by atoms with E-state index in [0.29, 0.717) is 31.7 Å². The van der Waals surface area contributed by atoms with Crippen LogP contribution in [0.2, 0.25) is 0 Å². The van der Waals surface area contributed by atoms with Gasteiger partial charge in [-0.2, -0.15) is 10.2 Å². The van der Waals surface area contributed by atoms with E-state index < -0.39 is 6.10 Å². The lowest BCUT2D eigenvalue weighted by Gasteiger charge is -2.16. The molecule has 1 saturated carbocycles. The fourth-order valence-electron chi connectivity index (χ4n) is 3.54. The Morgan fingerprint density at radius 1 is 1.40 bits per heavy atom. The Kier molecular flexibility index (Phi) is 5.47. The molecule has 0 radical (unpaired) electrons. The van der Waals surface area contributed by atoms with Gasteiger partial charge in [0.1, 0.15) is 11.6 Å². The number of aryl methyl sites for hydroxylation is 3. The number of aliphatic hydroxyl groups excluding tert-OH is 1. The average molecular weight is 346 g/mol. The summed E-state index contributed by atoms with van der Waals surface area (Å²) in [7, 11) is 0. The van der Waals surface area contributed by atoms with E-state index in [1.807, 2.05) is 35.5 Å². The largest absolute Gasteiger partial charge is 0.391 e. The zero-order valence-electron chi connectivity index (χ0n) is 14.8. The Bertz CT molecular complexity index is 696. The number of nitrogens with one attached hydrogen (secondary N) is 1. The first-order valence-corrected chi connectivity index (χ1v) is 8.84. The molecule has 0 aliphatic heterocycles. The molecule has 2 N–H and O–H groups in total. The van der Waals surface area contributed by atoms with Crippen molar-refractivity contribution in [3.63, 3.8) is 0 Å². The van der Waals surface area contributed by atoms with E-state index in [1.165, 1.54) is 0 Å². The number of hydrogen-bond donors (Lipinski definition) is 2. The lowest BCUT2D eigenvalue weighted by Crippen LogP contribution is -2.39. The third-order valence-corrected chi connectivity index (χ3v) is 4.71. The summed E-state index contributed by atoms with van der Waals surface area (Å²) in [5, 5.41) is 21.7. The molecule has 3 atom stereocenters. The number of hydrogen-bond acceptors (Lipinski definition) is 5. The Balaban J connectivity index is 1.41. The molecular formula is C17H26N6O2. The molecule has 2 heterocycles. The lowest BCUT2D eigenvalue weighted by molar-refractivity contribution is -0.122. The van der Waals surface area contributed by atoms with E-state index in [4.69, 9.17) is 0 Å². The summed E-state index contributed by atoms with van der Waals surface area (Å²) in [6, 6.07) is 1.73. The molecule has 8 heteroatoms. The SMILES string of the molecule is Cc1nc(C)n(CCCC(=O)N[C@@H]2CC(Cn3cccn3)C[C@H]2O)n1. The van der Waals surface area contributed by atoms with E-state index in [-0.39, 0.29) is 11.9 Å². The average Bonchev–Trinajstić information content (AvgIpc) is 3.23. The lowest BCUT2D eigenvalue weighted by atomic mass is 10.1. The topological polar surface area (TPSA) is 97.9 Å². The van der Waals surface area contributed by atoms with Crippen molar-refractivity contribution >= 4 is 5.91 Å². The molecule has 1 amide bonds. The minimum atomic E-state index is -0.482. The summed E-state index contributed by atoms with van der Waals surface area (Å²) in [6.45, 7) is 5.22. The van der Waals surface area contributed by atoms with Crippen LogP contribution in [0.4, 0.5) is 0 Å². The maximum Gasteiger partial charge on any atom is 0.220 e. The molecule has 8 nitrogen and oxygen atoms in total. The summed E-state index contributed by atoms with van der Waals surface area (Å²) in [6.07, 6.45) is 5.80. The van der Waals surface area contributed by atoms with Crippen LogP contribution in [0.1, 0.15) is 37.3 Å². The normalized spacial score (nSPS) is 23.1. The second-order valence-electron chi connectivity index (χ2n) is 6.84. The van der Waals surface area contributed by atoms with Crippen molar-refractivity contribution < 1.29 is 9.90 Å². The molecule has 0 spiro atoms. The van der Waals surface area contributed by atoms with Crippen LogP contribution in [0.5, 0.6) is 0 Å². The summed E-state index contributed by atoms with van der Waals surface area (Å²) in [5.74, 6) is 1.93. The van der Waals surface area contributed by atoms with Crippen molar-refractivity contribution in [3.05, 3.63) is 30.1 Å². The predicted molar refractivity (Wildman–Crippen MR) is 91.6 cm³/mol. The van der Waals surface area contributed by atoms with Crippen LogP contribution in [0.3, 0.4) is 0 Å². The van der Waals surface area contributed by atoms with E-state index in [9.17, 15) is 9.90 Å². The summed E-state index contributed by atoms with van der Waals surface area (Å²) in [5.41, 5.74) is 0. The van der Waals surface area contributed by atoms with Crippen molar-refractivity contribution in [2.75, 3.05) is 0 Å². The molecule has 25 heavy (non-hydrogen) atoms. The van der Waals surface area contributed by atoms with Gasteiger partial charge in [-0.15, -0.1) is 0 Å². The van der Waals surface area contributed by atoms with Crippen LogP contribution >= 0.6 is 0 Å². The van der Waals surface area contributed by atoms with Crippen molar-refractivity contribution in [2.24, 2.45) is 5.92 Å². The highest BCUT2D eigenvalue weighted by atomic mass is 16.3. The molecule has 1 aliphatic carbocycles. The minimum absolute atomic E-state index is 0.0155. The molecule has 0 saturated heterocycles. The minimum Gasteiger partial charge on any atom is -0.391 e. The highest BCUT2D eigenvalue weighted by molar-refractivity contribution is 5.76. The van der Waals surface area contributed by atoms with Gasteiger partial charge in [0, 0.05) is 31.9 Å². The van der Waals surface area contributed by atoms with Crippen molar-refractivity contribution in [1.82, 2.24) is 29.9 Å². The highest BCUT2D eigenvalue weighted by Crippen LogP contribution is 2.27. The summed E-state index contributed by atoms with van der Waals surface area (Å²) in [4.78, 5) is 16.4. The molecule has 0 aromatic carbocycles. The predicted octanol–water partition coefficient (Wildman–Crippen LogP) is 0.828. The van der Waals surface area contributed by atoms with Gasteiger partial charge < -0.3 is 10.4 Å². The summed E-state index contributed by atoms with van der Waals surface area (Å²) < 4.78 is 3.71. The Labute approximate surface area is 147 Å². The van der Waals surface area contributed by atoms with Crippen LogP contribution in [-0.2, 0) is 17.9 Å². The van der Waals surface area contributed by atoms with Crippen molar-refractivity contribution in [1.29, 1.82) is 0 Å². The van der Waals surface area contributed by atoms with Crippen molar-refractivity contribution in [3.8, 4) is 0 Å². The monoisotopic (exact) mass is 346 g/mol. The van der Waals surface area contributed by atoms with Gasteiger partial charge in [0.2, 0.25) is 5.91 Å². The van der Waals surface area contributed by atoms with Gasteiger partial charge in [-0.3, -0.25) is 14.2 Å². The third-order valence-electron chi connectivity index (χ3n) is 4.71. The number of aromatic nitrogens is 5. The Hall–Kier alpha value is -2.22. The molecular weight excluding hydrogens is 320 g/mol. The summed E-state index contributed by atoms with van der Waals surface area (Å²) >= 11 is 0. The number of nitrogens with zero attached hydrogens (tertiary/aromatic N) is 5. The first-order chi connectivity index (χ1) is 12.0. The highest BCUT2D eigenvalue weighted by Gasteiger charge is 2.34. The number of carbonyl (C=O) groups is 1. The van der Waals surface area contributed by atoms with Crippen LogP contribution in [0.25, 0.3) is 0 Å². The van der Waals surface area contributed by atoms with E-state index in [0.717, 1.165) is 24.6 Å². The van der Waals surface area contributed by atoms with Gasteiger partial charge in [0.25, 0.3) is 0 Å². The molecule has 0 bridgehead atoms. The molecule has 1 unspecified atom stereocenters. The van der Waals surface area contributed by atoms with Crippen LogP contribution in [0.15, 0.2) is 18.5 Å². The Morgan fingerprint density at radius 2 is 2.24 bits per heavy atom. The third kappa shape index (κ3) is 4.66. The van der Waals surface area contributed by atoms with Crippen LogP contribution in [-0.4, -0.2) is 47.7 Å². The number of amides is 1. The maximum atomic E-state index is 12.2. The standard InChI is InChI=1S/C17H26N6O2/c1-12-19-13(2)23(21-12)8-3-5-17(25)20-15-9-14(10-16(15)24)11-22-7-4-6-18-22/h4,6-7,14-16,24H,3,5,8-11H2,1-2H3,(H,20,25)/t14?,15-,16-/m1/s1.